The molecule has 5 rings (SSSR count). The lowest BCUT2D eigenvalue weighted by atomic mass is 9.96. The van der Waals surface area contributed by atoms with Gasteiger partial charge in [0.2, 0.25) is 6.79 Å². The summed E-state index contributed by atoms with van der Waals surface area (Å²) in [5, 5.41) is 11.4. The van der Waals surface area contributed by atoms with Crippen molar-refractivity contribution in [3.8, 4) is 11.5 Å². The second-order valence-corrected chi connectivity index (χ2v) is 8.54. The van der Waals surface area contributed by atoms with E-state index in [4.69, 9.17) is 9.47 Å². The van der Waals surface area contributed by atoms with Crippen molar-refractivity contribution >= 4 is 11.7 Å². The van der Waals surface area contributed by atoms with Crippen molar-refractivity contribution in [1.82, 2.24) is 24.5 Å². The molecule has 2 aromatic heterocycles. The van der Waals surface area contributed by atoms with E-state index in [0.29, 0.717) is 17.1 Å². The lowest BCUT2D eigenvalue weighted by Gasteiger charge is -2.33. The molecule has 3 aromatic rings. The summed E-state index contributed by atoms with van der Waals surface area (Å²) >= 11 is 0. The highest BCUT2D eigenvalue weighted by Crippen LogP contribution is 2.45. The van der Waals surface area contributed by atoms with Crippen LogP contribution in [0.2, 0.25) is 0 Å². The Morgan fingerprint density at radius 1 is 1.24 bits per heavy atom. The summed E-state index contributed by atoms with van der Waals surface area (Å²) in [6.45, 7) is 2.17. The molecule has 0 saturated carbocycles. The molecule has 0 fully saturated rings. The largest absolute Gasteiger partial charge is 0.454 e. The van der Waals surface area contributed by atoms with Gasteiger partial charge in [-0.2, -0.15) is 23.4 Å². The van der Waals surface area contributed by atoms with E-state index in [9.17, 15) is 18.0 Å². The number of aryl methyl sites for hydroxylation is 2. The molecule has 2 aliphatic heterocycles. The topological polar surface area (TPSA) is 86.4 Å². The van der Waals surface area contributed by atoms with Gasteiger partial charge in [-0.05, 0) is 24.6 Å². The molecule has 2 atom stereocenters. The Morgan fingerprint density at radius 3 is 2.71 bits per heavy atom. The molecule has 0 radical (unpaired) electrons. The predicted octanol–water partition coefficient (Wildman–Crippen LogP) is 3.59. The number of fused-ring (bicyclic) bond motifs is 2. The highest BCUT2D eigenvalue weighted by Gasteiger charge is 2.47. The average molecular weight is 476 g/mol. The van der Waals surface area contributed by atoms with Crippen LogP contribution in [0.3, 0.4) is 0 Å². The highest BCUT2D eigenvalue weighted by molar-refractivity contribution is 5.93. The van der Waals surface area contributed by atoms with Crippen LogP contribution in [-0.4, -0.2) is 50.4 Å². The number of halogens is 3. The standard InChI is InChI=1S/C22H23F3N6O3/c1-12-14(10-30(3)27-12)9-29(2)21(32)16-8-20-26-15(7-19(22(23,24)25)31(20)28-16)13-4-5-17-18(6-13)34-11-33-17/h4-6,8,10,15,19,26H,7,9,11H2,1-3H3/t15-,19+/m0/s1. The predicted molar refractivity (Wildman–Crippen MR) is 115 cm³/mol. The lowest BCUT2D eigenvalue weighted by molar-refractivity contribution is -0.173. The third kappa shape index (κ3) is 3.93. The van der Waals surface area contributed by atoms with E-state index in [2.05, 4.69) is 15.5 Å². The van der Waals surface area contributed by atoms with Crippen LogP contribution in [-0.2, 0) is 13.6 Å². The Morgan fingerprint density at radius 2 is 2.00 bits per heavy atom. The maximum absolute atomic E-state index is 14.0. The number of carbonyl (C=O) groups is 1. The molecule has 2 aliphatic rings. The zero-order chi connectivity index (χ0) is 24.2. The third-order valence-corrected chi connectivity index (χ3v) is 6.08. The molecule has 34 heavy (non-hydrogen) atoms. The van der Waals surface area contributed by atoms with Gasteiger partial charge in [-0.3, -0.25) is 9.48 Å². The first-order valence-electron chi connectivity index (χ1n) is 10.7. The van der Waals surface area contributed by atoms with Crippen LogP contribution in [0, 0.1) is 6.92 Å². The summed E-state index contributed by atoms with van der Waals surface area (Å²) in [5.41, 5.74) is 2.18. The number of nitrogens with one attached hydrogen (secondary N) is 1. The fourth-order valence-corrected chi connectivity index (χ4v) is 4.35. The Hall–Kier alpha value is -3.70. The fourth-order valence-electron chi connectivity index (χ4n) is 4.35. The van der Waals surface area contributed by atoms with Crippen LogP contribution in [0.1, 0.15) is 45.8 Å². The minimum Gasteiger partial charge on any atom is -0.454 e. The van der Waals surface area contributed by atoms with E-state index >= 15 is 0 Å². The number of carbonyl (C=O) groups excluding carboxylic acids is 1. The van der Waals surface area contributed by atoms with Gasteiger partial charge in [-0.1, -0.05) is 6.07 Å². The van der Waals surface area contributed by atoms with E-state index in [1.807, 2.05) is 6.92 Å². The number of anilines is 1. The maximum atomic E-state index is 14.0. The van der Waals surface area contributed by atoms with Gasteiger partial charge in [0, 0.05) is 44.9 Å². The van der Waals surface area contributed by atoms with Crippen molar-refractivity contribution in [3.63, 3.8) is 0 Å². The van der Waals surface area contributed by atoms with Gasteiger partial charge < -0.3 is 19.7 Å². The third-order valence-electron chi connectivity index (χ3n) is 6.08. The van der Waals surface area contributed by atoms with Crippen molar-refractivity contribution in [2.24, 2.45) is 7.05 Å². The minimum atomic E-state index is -4.55. The van der Waals surface area contributed by atoms with Gasteiger partial charge in [-0.25, -0.2) is 4.68 Å². The van der Waals surface area contributed by atoms with Crippen molar-refractivity contribution in [1.29, 1.82) is 0 Å². The zero-order valence-electron chi connectivity index (χ0n) is 18.8. The zero-order valence-corrected chi connectivity index (χ0v) is 18.8. The number of amides is 1. The number of nitrogens with zero attached hydrogens (tertiary/aromatic N) is 5. The number of alkyl halides is 3. The minimum absolute atomic E-state index is 0.0628. The molecule has 0 unspecified atom stereocenters. The summed E-state index contributed by atoms with van der Waals surface area (Å²) in [7, 11) is 3.36. The first-order valence-corrected chi connectivity index (χ1v) is 10.7. The van der Waals surface area contributed by atoms with Crippen LogP contribution in [0.25, 0.3) is 0 Å². The summed E-state index contributed by atoms with van der Waals surface area (Å²) in [6.07, 6.45) is -3.03. The molecule has 1 aromatic carbocycles. The first-order chi connectivity index (χ1) is 16.1. The molecular weight excluding hydrogens is 453 g/mol. The van der Waals surface area contributed by atoms with Crippen LogP contribution in [0.15, 0.2) is 30.5 Å². The number of rotatable bonds is 4. The second-order valence-electron chi connectivity index (χ2n) is 8.54. The van der Waals surface area contributed by atoms with Gasteiger partial charge in [0.25, 0.3) is 5.91 Å². The van der Waals surface area contributed by atoms with Gasteiger partial charge in [0.15, 0.2) is 23.2 Å². The van der Waals surface area contributed by atoms with Crippen molar-refractivity contribution in [2.75, 3.05) is 19.2 Å². The van der Waals surface area contributed by atoms with Crippen LogP contribution in [0.4, 0.5) is 19.0 Å². The second kappa shape index (κ2) is 7.96. The Labute approximate surface area is 193 Å². The van der Waals surface area contributed by atoms with Gasteiger partial charge >= 0.3 is 6.18 Å². The average Bonchev–Trinajstić information content (AvgIpc) is 3.49. The van der Waals surface area contributed by atoms with Crippen LogP contribution < -0.4 is 14.8 Å². The number of hydrogen-bond donors (Lipinski definition) is 1. The highest BCUT2D eigenvalue weighted by atomic mass is 19.4. The number of aromatic nitrogens is 4. The number of benzene rings is 1. The fraction of sp³-hybridized carbons (Fsp3) is 0.409. The summed E-state index contributed by atoms with van der Waals surface area (Å²) in [4.78, 5) is 14.4. The molecule has 180 valence electrons. The van der Waals surface area contributed by atoms with Crippen molar-refractivity contribution < 1.29 is 27.4 Å². The molecule has 0 spiro atoms. The molecule has 0 bridgehead atoms. The molecule has 1 amide bonds. The van der Waals surface area contributed by atoms with E-state index in [0.717, 1.165) is 15.9 Å². The van der Waals surface area contributed by atoms with E-state index in [1.165, 1.54) is 11.0 Å². The SMILES string of the molecule is Cc1nn(C)cc1CN(C)C(=O)c1cc2n(n1)[C@@H](C(F)(F)F)C[C@@H](c1ccc3c(c1)OCO3)N2. The van der Waals surface area contributed by atoms with E-state index in [1.54, 1.807) is 43.2 Å². The van der Waals surface area contributed by atoms with E-state index < -0.39 is 24.2 Å². The summed E-state index contributed by atoms with van der Waals surface area (Å²) < 4.78 is 55.1. The summed E-state index contributed by atoms with van der Waals surface area (Å²) in [6, 6.07) is 3.90. The lowest BCUT2D eigenvalue weighted by Crippen LogP contribution is -2.35. The number of ether oxygens (including phenoxy) is 2. The normalized spacial score (nSPS) is 19.0. The molecule has 0 aliphatic carbocycles. The van der Waals surface area contributed by atoms with Gasteiger partial charge in [0.05, 0.1) is 11.7 Å². The molecule has 12 heteroatoms. The smallest absolute Gasteiger partial charge is 0.410 e. The van der Waals surface area contributed by atoms with Gasteiger partial charge in [0.1, 0.15) is 5.82 Å². The quantitative estimate of drug-likeness (QED) is 0.620. The maximum Gasteiger partial charge on any atom is 0.410 e. The molecular formula is C22H23F3N6O3. The van der Waals surface area contributed by atoms with Crippen LogP contribution in [0.5, 0.6) is 11.5 Å². The van der Waals surface area contributed by atoms with Crippen LogP contribution >= 0.6 is 0 Å². The monoisotopic (exact) mass is 476 g/mol. The van der Waals surface area contributed by atoms with E-state index in [-0.39, 0.29) is 31.3 Å². The Bertz CT molecular complexity index is 1250. The summed E-state index contributed by atoms with van der Waals surface area (Å²) in [5.74, 6) is 0.694. The molecule has 0 saturated heterocycles. The van der Waals surface area contributed by atoms with Gasteiger partial charge in [-0.15, -0.1) is 0 Å². The Kier molecular flexibility index (Phi) is 5.18. The molecule has 9 nitrogen and oxygen atoms in total. The molecule has 4 heterocycles. The first kappa shape index (κ1) is 22.1. The number of hydrogen-bond acceptors (Lipinski definition) is 6. The van der Waals surface area contributed by atoms with Crippen molar-refractivity contribution in [3.05, 3.63) is 53.0 Å². The van der Waals surface area contributed by atoms with Crippen molar-refractivity contribution in [2.45, 2.75) is 38.1 Å². The Balaban J connectivity index is 1.42. The molecule has 1 N–H and O–H groups in total.